The minimum atomic E-state index is -0.783. The van der Waals surface area contributed by atoms with Crippen molar-refractivity contribution in [2.24, 2.45) is 0 Å². The zero-order valence-corrected chi connectivity index (χ0v) is 12.3. The van der Waals surface area contributed by atoms with Crippen LogP contribution in [0.15, 0.2) is 29.6 Å². The Morgan fingerprint density at radius 3 is 2.47 bits per heavy atom. The average molecular weight is 277 g/mol. The molecule has 2 rings (SSSR count). The number of ether oxygens (including phenoxy) is 1. The van der Waals surface area contributed by atoms with Gasteiger partial charge < -0.3 is 9.84 Å². The predicted octanol–water partition coefficient (Wildman–Crippen LogP) is 3.00. The third kappa shape index (κ3) is 4.04. The number of hydrogen-bond donors (Lipinski definition) is 1. The molecule has 0 aliphatic heterocycles. The summed E-state index contributed by atoms with van der Waals surface area (Å²) in [6.07, 6.45) is 1.18. The van der Waals surface area contributed by atoms with Gasteiger partial charge in [0.2, 0.25) is 0 Å². The molecule has 0 saturated heterocycles. The number of benzene rings is 1. The fourth-order valence-corrected chi connectivity index (χ4v) is 2.74. The highest BCUT2D eigenvalue weighted by atomic mass is 32.1. The molecular formula is C15H19NO2S. The molecule has 0 amide bonds. The van der Waals surface area contributed by atoms with Crippen LogP contribution in [0.25, 0.3) is 0 Å². The Kier molecular flexibility index (Phi) is 4.22. The fourth-order valence-electron chi connectivity index (χ4n) is 2.13. The molecule has 4 heteroatoms. The lowest BCUT2D eigenvalue weighted by atomic mass is 9.92. The van der Waals surface area contributed by atoms with Gasteiger partial charge in [-0.15, -0.1) is 11.3 Å². The van der Waals surface area contributed by atoms with Gasteiger partial charge >= 0.3 is 0 Å². The van der Waals surface area contributed by atoms with Crippen LogP contribution in [-0.2, 0) is 12.8 Å². The van der Waals surface area contributed by atoms with E-state index in [-0.39, 0.29) is 0 Å². The molecule has 0 aliphatic rings. The third-order valence-corrected chi connectivity index (χ3v) is 3.79. The molecule has 0 radical (unpaired) electrons. The minimum Gasteiger partial charge on any atom is -0.497 e. The second-order valence-corrected chi connectivity index (χ2v) is 6.12. The van der Waals surface area contributed by atoms with Crippen LogP contribution in [0.5, 0.6) is 5.75 Å². The van der Waals surface area contributed by atoms with Crippen molar-refractivity contribution in [2.75, 3.05) is 7.11 Å². The van der Waals surface area contributed by atoms with Gasteiger partial charge in [0, 0.05) is 18.2 Å². The Morgan fingerprint density at radius 1 is 1.26 bits per heavy atom. The van der Waals surface area contributed by atoms with Crippen molar-refractivity contribution in [2.45, 2.75) is 32.3 Å². The number of aliphatic hydroxyl groups is 1. The summed E-state index contributed by atoms with van der Waals surface area (Å²) in [7, 11) is 1.65. The standard InChI is InChI=1S/C15H19NO2S/c1-11-16-13(10-19-11)9-15(2,17)8-12-4-6-14(18-3)7-5-12/h4-7,10,17H,8-9H2,1-3H3. The number of hydrogen-bond acceptors (Lipinski definition) is 4. The van der Waals surface area contributed by atoms with Gasteiger partial charge in [-0.1, -0.05) is 12.1 Å². The van der Waals surface area contributed by atoms with Crippen LogP contribution >= 0.6 is 11.3 Å². The van der Waals surface area contributed by atoms with Crippen LogP contribution in [-0.4, -0.2) is 22.8 Å². The maximum atomic E-state index is 10.5. The van der Waals surface area contributed by atoms with E-state index in [2.05, 4.69) is 4.98 Å². The van der Waals surface area contributed by atoms with Gasteiger partial charge in [-0.05, 0) is 31.5 Å². The monoisotopic (exact) mass is 277 g/mol. The SMILES string of the molecule is COc1ccc(CC(C)(O)Cc2csc(C)n2)cc1. The molecule has 1 atom stereocenters. The van der Waals surface area contributed by atoms with Crippen LogP contribution in [0, 0.1) is 6.92 Å². The van der Waals surface area contributed by atoms with Gasteiger partial charge in [0.1, 0.15) is 5.75 Å². The average Bonchev–Trinajstić information content (AvgIpc) is 2.74. The number of aryl methyl sites for hydroxylation is 1. The largest absolute Gasteiger partial charge is 0.497 e. The van der Waals surface area contributed by atoms with E-state index in [4.69, 9.17) is 4.74 Å². The molecular weight excluding hydrogens is 258 g/mol. The Morgan fingerprint density at radius 2 is 1.95 bits per heavy atom. The summed E-state index contributed by atoms with van der Waals surface area (Å²) in [4.78, 5) is 4.40. The molecule has 0 saturated carbocycles. The summed E-state index contributed by atoms with van der Waals surface area (Å²) in [5, 5.41) is 13.5. The minimum absolute atomic E-state index is 0.573. The highest BCUT2D eigenvalue weighted by Gasteiger charge is 2.22. The maximum absolute atomic E-state index is 10.5. The lowest BCUT2D eigenvalue weighted by molar-refractivity contribution is 0.0599. The number of methoxy groups -OCH3 is 1. The number of aromatic nitrogens is 1. The summed E-state index contributed by atoms with van der Waals surface area (Å²) in [6.45, 7) is 3.83. The van der Waals surface area contributed by atoms with Crippen LogP contribution in [0.1, 0.15) is 23.2 Å². The molecule has 1 N–H and O–H groups in total. The van der Waals surface area contributed by atoms with E-state index in [1.54, 1.807) is 18.4 Å². The smallest absolute Gasteiger partial charge is 0.118 e. The highest BCUT2D eigenvalue weighted by molar-refractivity contribution is 7.09. The van der Waals surface area contributed by atoms with Gasteiger partial charge in [-0.3, -0.25) is 0 Å². The first-order valence-corrected chi connectivity index (χ1v) is 7.13. The van der Waals surface area contributed by atoms with Gasteiger partial charge in [0.05, 0.1) is 23.4 Å². The molecule has 0 bridgehead atoms. The molecule has 3 nitrogen and oxygen atoms in total. The molecule has 1 aromatic carbocycles. The maximum Gasteiger partial charge on any atom is 0.118 e. The number of thiazole rings is 1. The van der Waals surface area contributed by atoms with Crippen molar-refractivity contribution < 1.29 is 9.84 Å². The van der Waals surface area contributed by atoms with Crippen molar-refractivity contribution in [3.63, 3.8) is 0 Å². The summed E-state index contributed by atoms with van der Waals surface area (Å²) in [5.41, 5.74) is 1.27. The topological polar surface area (TPSA) is 42.4 Å². The van der Waals surface area contributed by atoms with E-state index in [0.29, 0.717) is 12.8 Å². The Hall–Kier alpha value is -1.39. The molecule has 0 aliphatic carbocycles. The van der Waals surface area contributed by atoms with Gasteiger partial charge in [0.25, 0.3) is 0 Å². The number of nitrogens with zero attached hydrogens (tertiary/aromatic N) is 1. The number of rotatable bonds is 5. The summed E-state index contributed by atoms with van der Waals surface area (Å²) < 4.78 is 5.13. The van der Waals surface area contributed by atoms with Crippen LogP contribution in [0.4, 0.5) is 0 Å². The van der Waals surface area contributed by atoms with Crippen molar-refractivity contribution in [3.8, 4) is 5.75 Å². The molecule has 2 aromatic rings. The van der Waals surface area contributed by atoms with E-state index in [1.807, 2.05) is 43.5 Å². The fraction of sp³-hybridized carbons (Fsp3) is 0.400. The first-order valence-electron chi connectivity index (χ1n) is 6.25. The van der Waals surface area contributed by atoms with Gasteiger partial charge in [0.15, 0.2) is 0 Å². The Labute approximate surface area is 117 Å². The third-order valence-electron chi connectivity index (χ3n) is 2.97. The molecule has 0 spiro atoms. The van der Waals surface area contributed by atoms with E-state index < -0.39 is 5.60 Å². The Balaban J connectivity index is 2.03. The summed E-state index contributed by atoms with van der Waals surface area (Å²) >= 11 is 1.62. The quantitative estimate of drug-likeness (QED) is 0.913. The van der Waals surface area contributed by atoms with E-state index >= 15 is 0 Å². The molecule has 102 valence electrons. The molecule has 1 aromatic heterocycles. The predicted molar refractivity (Wildman–Crippen MR) is 77.9 cm³/mol. The zero-order valence-electron chi connectivity index (χ0n) is 11.5. The highest BCUT2D eigenvalue weighted by Crippen LogP contribution is 2.21. The lowest BCUT2D eigenvalue weighted by Gasteiger charge is -2.22. The van der Waals surface area contributed by atoms with Crippen molar-refractivity contribution in [1.82, 2.24) is 4.98 Å². The summed E-state index contributed by atoms with van der Waals surface area (Å²) in [6, 6.07) is 7.80. The molecule has 1 heterocycles. The molecule has 19 heavy (non-hydrogen) atoms. The molecule has 0 fully saturated rings. The Bertz CT molecular complexity index is 531. The van der Waals surface area contributed by atoms with Gasteiger partial charge in [-0.25, -0.2) is 4.98 Å². The lowest BCUT2D eigenvalue weighted by Crippen LogP contribution is -2.30. The van der Waals surface area contributed by atoms with Gasteiger partial charge in [-0.2, -0.15) is 0 Å². The van der Waals surface area contributed by atoms with Crippen molar-refractivity contribution >= 4 is 11.3 Å². The van der Waals surface area contributed by atoms with Crippen molar-refractivity contribution in [1.29, 1.82) is 0 Å². The second kappa shape index (κ2) is 5.72. The van der Waals surface area contributed by atoms with Crippen LogP contribution < -0.4 is 4.74 Å². The normalized spacial score (nSPS) is 14.1. The van der Waals surface area contributed by atoms with Crippen LogP contribution in [0.2, 0.25) is 0 Å². The van der Waals surface area contributed by atoms with Crippen LogP contribution in [0.3, 0.4) is 0 Å². The zero-order chi connectivity index (χ0) is 13.9. The first kappa shape index (κ1) is 14.0. The van der Waals surface area contributed by atoms with E-state index in [9.17, 15) is 5.11 Å². The van der Waals surface area contributed by atoms with E-state index in [1.165, 1.54) is 0 Å². The van der Waals surface area contributed by atoms with E-state index in [0.717, 1.165) is 22.0 Å². The second-order valence-electron chi connectivity index (χ2n) is 5.06. The first-order chi connectivity index (χ1) is 8.98. The molecule has 1 unspecified atom stereocenters. The summed E-state index contributed by atoms with van der Waals surface area (Å²) in [5.74, 6) is 0.832. The van der Waals surface area contributed by atoms with Crippen molar-refractivity contribution in [3.05, 3.63) is 45.9 Å².